The third-order valence-corrected chi connectivity index (χ3v) is 3.19. The Morgan fingerprint density at radius 2 is 2.10 bits per heavy atom. The summed E-state index contributed by atoms with van der Waals surface area (Å²) in [6.45, 7) is 5.04. The largest absolute Gasteiger partial charge is 0.476 e. The quantitative estimate of drug-likeness (QED) is 0.840. The molecule has 0 atom stereocenters. The molecule has 2 aromatic rings. The van der Waals surface area contributed by atoms with Crippen LogP contribution in [0.2, 0.25) is 0 Å². The highest BCUT2D eigenvalue weighted by Gasteiger charge is 2.35. The fraction of sp³-hybridized carbons (Fsp3) is 0.286. The minimum atomic E-state index is -0.953. The van der Waals surface area contributed by atoms with Gasteiger partial charge in [-0.15, -0.1) is 0 Å². The number of nitrogens with one attached hydrogen (secondary N) is 2. The van der Waals surface area contributed by atoms with Crippen LogP contribution < -0.4 is 10.1 Å². The zero-order valence-electron chi connectivity index (χ0n) is 11.4. The molecule has 2 heterocycles. The highest BCUT2D eigenvalue weighted by molar-refractivity contribution is 6.00. The first-order valence-corrected chi connectivity index (χ1v) is 6.24. The summed E-state index contributed by atoms with van der Waals surface area (Å²) in [5.74, 6) is 0.318. The number of anilines is 1. The topological polar surface area (TPSA) is 67.0 Å². The maximum atomic E-state index is 13.7. The van der Waals surface area contributed by atoms with E-state index in [1.807, 2.05) is 0 Å². The fourth-order valence-electron chi connectivity index (χ4n) is 2.11. The molecule has 1 aliphatic heterocycles. The Bertz CT molecular complexity index is 706. The Balaban J connectivity index is 2.06. The van der Waals surface area contributed by atoms with Gasteiger partial charge in [0.05, 0.1) is 5.69 Å². The second-order valence-corrected chi connectivity index (χ2v) is 5.26. The molecule has 20 heavy (non-hydrogen) atoms. The zero-order chi connectivity index (χ0) is 14.5. The molecule has 0 unspecified atom stereocenters. The van der Waals surface area contributed by atoms with E-state index in [0.29, 0.717) is 22.8 Å². The second-order valence-electron chi connectivity index (χ2n) is 5.26. The van der Waals surface area contributed by atoms with Gasteiger partial charge in [0.2, 0.25) is 5.95 Å². The number of fused-ring (bicyclic) bond motifs is 1. The average Bonchev–Trinajstić information content (AvgIpc) is 2.69. The van der Waals surface area contributed by atoms with Crippen molar-refractivity contribution in [1.29, 1.82) is 0 Å². The number of carbonyl (C=O) groups is 1. The van der Waals surface area contributed by atoms with Crippen LogP contribution in [0.3, 0.4) is 0 Å². The second kappa shape index (κ2) is 4.06. The normalized spacial score (nSPS) is 16.3. The van der Waals surface area contributed by atoms with E-state index >= 15 is 0 Å². The van der Waals surface area contributed by atoms with Crippen molar-refractivity contribution < 1.29 is 13.9 Å². The van der Waals surface area contributed by atoms with Crippen molar-refractivity contribution in [3.63, 3.8) is 0 Å². The summed E-state index contributed by atoms with van der Waals surface area (Å²) < 4.78 is 19.4. The van der Waals surface area contributed by atoms with Crippen LogP contribution in [0.4, 0.5) is 10.1 Å². The molecule has 0 spiro atoms. The van der Waals surface area contributed by atoms with E-state index < -0.39 is 11.5 Å². The summed E-state index contributed by atoms with van der Waals surface area (Å²) in [4.78, 5) is 18.4. The number of hydrogen-bond acceptors (Lipinski definition) is 3. The van der Waals surface area contributed by atoms with E-state index in [9.17, 15) is 9.18 Å². The van der Waals surface area contributed by atoms with Crippen LogP contribution >= 0.6 is 0 Å². The summed E-state index contributed by atoms with van der Waals surface area (Å²) in [5.41, 5.74) is 0.456. The molecule has 6 heteroatoms. The number of halogens is 1. The molecule has 0 radical (unpaired) electrons. The van der Waals surface area contributed by atoms with Crippen LogP contribution in [0.25, 0.3) is 11.3 Å². The minimum Gasteiger partial charge on any atom is -0.476 e. The van der Waals surface area contributed by atoms with Crippen molar-refractivity contribution >= 4 is 11.6 Å². The van der Waals surface area contributed by atoms with E-state index in [2.05, 4.69) is 15.3 Å². The van der Waals surface area contributed by atoms with Gasteiger partial charge in [-0.1, -0.05) is 6.07 Å². The van der Waals surface area contributed by atoms with Crippen LogP contribution in [-0.2, 0) is 4.79 Å². The molecule has 0 saturated carbocycles. The molecule has 0 aliphatic carbocycles. The van der Waals surface area contributed by atoms with Crippen LogP contribution in [0.5, 0.6) is 5.75 Å². The smallest absolute Gasteiger partial charge is 0.268 e. The van der Waals surface area contributed by atoms with Crippen molar-refractivity contribution in [3.05, 3.63) is 30.0 Å². The Morgan fingerprint density at radius 3 is 2.75 bits per heavy atom. The number of aromatic nitrogens is 2. The SMILES string of the molecule is Cc1nc(-c2ccc3c(c2)OC(C)(C)C(=O)N3)c(F)[nH]1. The van der Waals surface area contributed by atoms with Gasteiger partial charge in [-0.2, -0.15) is 4.39 Å². The third-order valence-electron chi connectivity index (χ3n) is 3.19. The molecule has 2 N–H and O–H groups in total. The van der Waals surface area contributed by atoms with E-state index in [1.165, 1.54) is 0 Å². The number of ether oxygens (including phenoxy) is 1. The standard InChI is InChI=1S/C14H14FN3O2/c1-7-16-11(12(15)17-7)8-4-5-9-10(6-8)20-14(2,3)13(19)18-9/h4-6H,1-3H3,(H,16,17)(H,18,19). The molecular formula is C14H14FN3O2. The molecule has 1 aromatic heterocycles. The molecule has 1 aliphatic rings. The summed E-state index contributed by atoms with van der Waals surface area (Å²) in [7, 11) is 0. The lowest BCUT2D eigenvalue weighted by Gasteiger charge is -2.31. The molecule has 1 amide bonds. The molecule has 104 valence electrons. The monoisotopic (exact) mass is 275 g/mol. The minimum absolute atomic E-state index is 0.209. The highest BCUT2D eigenvalue weighted by atomic mass is 19.1. The molecule has 1 aromatic carbocycles. The van der Waals surface area contributed by atoms with Gasteiger partial charge in [0.1, 0.15) is 17.3 Å². The number of rotatable bonds is 1. The van der Waals surface area contributed by atoms with Crippen LogP contribution in [-0.4, -0.2) is 21.5 Å². The number of amides is 1. The van der Waals surface area contributed by atoms with Crippen LogP contribution in [0.1, 0.15) is 19.7 Å². The van der Waals surface area contributed by atoms with Gasteiger partial charge in [-0.25, -0.2) is 4.98 Å². The number of H-pyrrole nitrogens is 1. The van der Waals surface area contributed by atoms with Crippen molar-refractivity contribution in [1.82, 2.24) is 9.97 Å². The van der Waals surface area contributed by atoms with Gasteiger partial charge in [-0.05, 0) is 32.9 Å². The molecule has 5 nitrogen and oxygen atoms in total. The predicted molar refractivity (Wildman–Crippen MR) is 72.1 cm³/mol. The number of hydrogen-bond donors (Lipinski definition) is 2. The van der Waals surface area contributed by atoms with Crippen molar-refractivity contribution in [2.45, 2.75) is 26.4 Å². The molecule has 0 fully saturated rings. The first kappa shape index (κ1) is 12.7. The lowest BCUT2D eigenvalue weighted by molar-refractivity contribution is -0.129. The number of aryl methyl sites for hydroxylation is 1. The van der Waals surface area contributed by atoms with E-state index in [-0.39, 0.29) is 11.6 Å². The summed E-state index contributed by atoms with van der Waals surface area (Å²) in [5, 5.41) is 2.76. The molecule has 0 bridgehead atoms. The Hall–Kier alpha value is -2.37. The third kappa shape index (κ3) is 1.93. The van der Waals surface area contributed by atoms with Gasteiger partial charge in [0.15, 0.2) is 5.60 Å². The first-order valence-electron chi connectivity index (χ1n) is 6.24. The van der Waals surface area contributed by atoms with Crippen LogP contribution in [0.15, 0.2) is 18.2 Å². The van der Waals surface area contributed by atoms with Gasteiger partial charge in [0, 0.05) is 5.56 Å². The number of imidazole rings is 1. The lowest BCUT2D eigenvalue weighted by Crippen LogP contribution is -2.45. The zero-order valence-corrected chi connectivity index (χ0v) is 11.4. The fourth-order valence-corrected chi connectivity index (χ4v) is 2.11. The van der Waals surface area contributed by atoms with Gasteiger partial charge in [-0.3, -0.25) is 4.79 Å². The summed E-state index contributed by atoms with van der Waals surface area (Å²) in [6, 6.07) is 5.05. The number of carbonyl (C=O) groups excluding carboxylic acids is 1. The van der Waals surface area contributed by atoms with Crippen molar-refractivity contribution in [2.75, 3.05) is 5.32 Å². The van der Waals surface area contributed by atoms with Crippen molar-refractivity contribution in [2.24, 2.45) is 0 Å². The van der Waals surface area contributed by atoms with E-state index in [1.54, 1.807) is 39.0 Å². The van der Waals surface area contributed by atoms with E-state index in [0.717, 1.165) is 0 Å². The number of benzene rings is 1. The molecule has 0 saturated heterocycles. The Morgan fingerprint density at radius 1 is 1.35 bits per heavy atom. The van der Waals surface area contributed by atoms with Gasteiger partial charge < -0.3 is 15.0 Å². The summed E-state index contributed by atoms with van der Waals surface area (Å²) >= 11 is 0. The maximum absolute atomic E-state index is 13.7. The Kier molecular flexibility index (Phi) is 2.57. The highest BCUT2D eigenvalue weighted by Crippen LogP contribution is 2.36. The Labute approximate surface area is 115 Å². The lowest BCUT2D eigenvalue weighted by atomic mass is 10.0. The molecular weight excluding hydrogens is 261 g/mol. The maximum Gasteiger partial charge on any atom is 0.268 e. The van der Waals surface area contributed by atoms with E-state index in [4.69, 9.17) is 4.74 Å². The summed E-state index contributed by atoms with van der Waals surface area (Å²) in [6.07, 6.45) is 0. The first-order chi connectivity index (χ1) is 9.37. The number of nitrogens with zero attached hydrogens (tertiary/aromatic N) is 1. The van der Waals surface area contributed by atoms with Crippen LogP contribution in [0, 0.1) is 12.9 Å². The average molecular weight is 275 g/mol. The number of aromatic amines is 1. The predicted octanol–water partition coefficient (Wildman–Crippen LogP) is 2.63. The molecule has 3 rings (SSSR count). The van der Waals surface area contributed by atoms with Gasteiger partial charge in [0.25, 0.3) is 5.91 Å². The van der Waals surface area contributed by atoms with Crippen molar-refractivity contribution in [3.8, 4) is 17.0 Å². The van der Waals surface area contributed by atoms with Gasteiger partial charge >= 0.3 is 0 Å².